The summed E-state index contributed by atoms with van der Waals surface area (Å²) in [4.78, 5) is 36.2. The third-order valence-electron chi connectivity index (χ3n) is 4.22. The molecule has 150 valence electrons. The average molecular weight is 378 g/mol. The van der Waals surface area contributed by atoms with Gasteiger partial charge in [-0.15, -0.1) is 0 Å². The zero-order valence-electron chi connectivity index (χ0n) is 16.4. The van der Waals surface area contributed by atoms with E-state index in [1.807, 2.05) is 51.1 Å². The van der Waals surface area contributed by atoms with E-state index in [9.17, 15) is 19.5 Å². The summed E-state index contributed by atoms with van der Waals surface area (Å²) in [5.74, 6) is -1.80. The molecule has 1 rings (SSSR count). The Bertz CT molecular complexity index is 618. The molecule has 0 saturated heterocycles. The lowest BCUT2D eigenvalue weighted by Gasteiger charge is -2.26. The highest BCUT2D eigenvalue weighted by Gasteiger charge is 2.29. The van der Waals surface area contributed by atoms with E-state index in [0.717, 1.165) is 5.56 Å². The van der Waals surface area contributed by atoms with Crippen molar-refractivity contribution in [1.29, 1.82) is 0 Å². The van der Waals surface area contributed by atoms with Crippen LogP contribution in [-0.2, 0) is 25.5 Å². The smallest absolute Gasteiger partial charge is 0.326 e. The number of esters is 1. The Morgan fingerprint density at radius 2 is 1.70 bits per heavy atom. The van der Waals surface area contributed by atoms with Gasteiger partial charge in [0.05, 0.1) is 13.2 Å². The number of carbonyl (C=O) groups is 3. The minimum atomic E-state index is -1.10. The molecule has 0 radical (unpaired) electrons. The number of hydrogen-bond donors (Lipinski definition) is 3. The van der Waals surface area contributed by atoms with Gasteiger partial charge in [0, 0.05) is 6.42 Å². The van der Waals surface area contributed by atoms with Crippen LogP contribution in [0.2, 0.25) is 0 Å². The maximum absolute atomic E-state index is 12.8. The number of aliphatic carboxylic acids is 1. The zero-order chi connectivity index (χ0) is 20.4. The lowest BCUT2D eigenvalue weighted by molar-refractivity contribution is -0.145. The number of nitrogens with one attached hydrogen (secondary N) is 2. The molecule has 1 unspecified atom stereocenters. The van der Waals surface area contributed by atoms with Crippen LogP contribution in [0.15, 0.2) is 30.3 Å². The highest BCUT2D eigenvalue weighted by Crippen LogP contribution is 2.10. The van der Waals surface area contributed by atoms with Gasteiger partial charge < -0.3 is 15.2 Å². The number of ether oxygens (including phenoxy) is 1. The summed E-state index contributed by atoms with van der Waals surface area (Å²) in [6.45, 7) is 5.73. The van der Waals surface area contributed by atoms with Crippen molar-refractivity contribution in [2.45, 2.75) is 58.2 Å². The minimum Gasteiger partial charge on any atom is -0.480 e. The second-order valence-corrected chi connectivity index (χ2v) is 6.92. The van der Waals surface area contributed by atoms with Crippen molar-refractivity contribution in [2.75, 3.05) is 7.11 Å². The van der Waals surface area contributed by atoms with E-state index in [-0.39, 0.29) is 12.3 Å². The highest BCUT2D eigenvalue weighted by molar-refractivity contribution is 5.87. The quantitative estimate of drug-likeness (QED) is 0.507. The molecule has 0 spiro atoms. The lowest BCUT2D eigenvalue weighted by Crippen LogP contribution is -2.55. The zero-order valence-corrected chi connectivity index (χ0v) is 16.4. The highest BCUT2D eigenvalue weighted by atomic mass is 16.5. The molecule has 0 aliphatic carbocycles. The summed E-state index contributed by atoms with van der Waals surface area (Å²) >= 11 is 0. The van der Waals surface area contributed by atoms with E-state index in [2.05, 4.69) is 10.6 Å². The fourth-order valence-electron chi connectivity index (χ4n) is 2.78. The van der Waals surface area contributed by atoms with Gasteiger partial charge in [0.2, 0.25) is 5.91 Å². The van der Waals surface area contributed by atoms with E-state index in [1.54, 1.807) is 0 Å². The Labute approximate surface area is 160 Å². The monoisotopic (exact) mass is 378 g/mol. The van der Waals surface area contributed by atoms with Crippen LogP contribution < -0.4 is 10.6 Å². The number of rotatable bonds is 11. The molecule has 0 fully saturated rings. The Morgan fingerprint density at radius 3 is 2.19 bits per heavy atom. The molecule has 3 atom stereocenters. The summed E-state index contributed by atoms with van der Waals surface area (Å²) in [6.07, 6.45) is 1.11. The molecular formula is C20H30N2O5. The average Bonchev–Trinajstić information content (AvgIpc) is 2.64. The molecule has 7 heteroatoms. The number of carboxylic acid groups (broad SMARTS) is 1. The van der Waals surface area contributed by atoms with Crippen molar-refractivity contribution < 1.29 is 24.2 Å². The van der Waals surface area contributed by atoms with Gasteiger partial charge in [-0.2, -0.15) is 0 Å². The van der Waals surface area contributed by atoms with Gasteiger partial charge >= 0.3 is 11.9 Å². The molecule has 0 aromatic heterocycles. The van der Waals surface area contributed by atoms with Crippen LogP contribution in [0.1, 0.15) is 39.2 Å². The second-order valence-electron chi connectivity index (χ2n) is 6.92. The second kappa shape index (κ2) is 11.3. The maximum Gasteiger partial charge on any atom is 0.326 e. The van der Waals surface area contributed by atoms with E-state index >= 15 is 0 Å². The Hall–Kier alpha value is -2.41. The first-order valence-electron chi connectivity index (χ1n) is 9.19. The minimum absolute atomic E-state index is 0.181. The van der Waals surface area contributed by atoms with E-state index < -0.39 is 36.0 Å². The molecular weight excluding hydrogens is 348 g/mol. The van der Waals surface area contributed by atoms with E-state index in [1.165, 1.54) is 7.11 Å². The molecule has 1 amide bonds. The summed E-state index contributed by atoms with van der Waals surface area (Å²) in [5, 5.41) is 15.1. The topological polar surface area (TPSA) is 105 Å². The molecule has 0 saturated carbocycles. The molecule has 1 aromatic carbocycles. The van der Waals surface area contributed by atoms with Crippen LogP contribution in [0.3, 0.4) is 0 Å². The van der Waals surface area contributed by atoms with Gasteiger partial charge in [-0.1, -0.05) is 51.1 Å². The first-order valence-corrected chi connectivity index (χ1v) is 9.19. The molecule has 0 aliphatic rings. The number of hydrogen-bond acceptors (Lipinski definition) is 5. The third kappa shape index (κ3) is 7.78. The summed E-state index contributed by atoms with van der Waals surface area (Å²) in [7, 11) is 1.30. The van der Waals surface area contributed by atoms with Crippen molar-refractivity contribution in [3.05, 3.63) is 35.9 Å². The Morgan fingerprint density at radius 1 is 1.07 bits per heavy atom. The standard InChI is InChI=1S/C20H30N2O5/c1-5-15(20(26)27-4)21-16(11-13(2)3)18(23)22-17(19(24)25)12-14-9-7-6-8-10-14/h6-10,13,15-17,21H,5,11-12H2,1-4H3,(H,22,23)(H,24,25)/t15?,16-,17-/m0/s1. The SMILES string of the molecule is CCC(N[C@@H](CC(C)C)C(=O)N[C@@H](Cc1ccccc1)C(=O)O)C(=O)OC. The predicted octanol–water partition coefficient (Wildman–Crippen LogP) is 1.75. The van der Waals surface area contributed by atoms with E-state index in [0.29, 0.717) is 12.8 Å². The first-order chi connectivity index (χ1) is 12.8. The van der Waals surface area contributed by atoms with Crippen molar-refractivity contribution in [3.63, 3.8) is 0 Å². The molecule has 0 bridgehead atoms. The third-order valence-corrected chi connectivity index (χ3v) is 4.22. The first kappa shape index (κ1) is 22.6. The van der Waals surface area contributed by atoms with Gasteiger partial charge in [-0.25, -0.2) is 4.79 Å². The number of amides is 1. The summed E-state index contributed by atoms with van der Waals surface area (Å²) < 4.78 is 4.76. The molecule has 27 heavy (non-hydrogen) atoms. The van der Waals surface area contributed by atoms with Crippen molar-refractivity contribution in [3.8, 4) is 0 Å². The molecule has 3 N–H and O–H groups in total. The van der Waals surface area contributed by atoms with Gasteiger partial charge in [0.25, 0.3) is 0 Å². The largest absolute Gasteiger partial charge is 0.480 e. The van der Waals surface area contributed by atoms with Crippen LogP contribution in [0.4, 0.5) is 0 Å². The molecule has 1 aromatic rings. The molecule has 0 aliphatic heterocycles. The van der Waals surface area contributed by atoms with Crippen molar-refractivity contribution >= 4 is 17.8 Å². The van der Waals surface area contributed by atoms with Crippen LogP contribution in [0.5, 0.6) is 0 Å². The van der Waals surface area contributed by atoms with Crippen LogP contribution in [0, 0.1) is 5.92 Å². The van der Waals surface area contributed by atoms with Crippen molar-refractivity contribution in [1.82, 2.24) is 10.6 Å². The fraction of sp³-hybridized carbons (Fsp3) is 0.550. The Kier molecular flexibility index (Phi) is 9.50. The molecule has 0 heterocycles. The number of methoxy groups -OCH3 is 1. The van der Waals surface area contributed by atoms with E-state index in [4.69, 9.17) is 4.74 Å². The fourth-order valence-corrected chi connectivity index (χ4v) is 2.78. The predicted molar refractivity (Wildman–Crippen MR) is 102 cm³/mol. The van der Waals surface area contributed by atoms with Gasteiger partial charge in [0.1, 0.15) is 12.1 Å². The maximum atomic E-state index is 12.8. The number of benzene rings is 1. The lowest BCUT2D eigenvalue weighted by atomic mass is 10.00. The van der Waals surface area contributed by atoms with Crippen molar-refractivity contribution in [2.24, 2.45) is 5.92 Å². The molecule has 7 nitrogen and oxygen atoms in total. The van der Waals surface area contributed by atoms with Crippen LogP contribution in [0.25, 0.3) is 0 Å². The van der Waals surface area contributed by atoms with Gasteiger partial charge in [0.15, 0.2) is 0 Å². The van der Waals surface area contributed by atoms with Crippen LogP contribution in [-0.4, -0.2) is 48.2 Å². The Balaban J connectivity index is 2.88. The van der Waals surface area contributed by atoms with Crippen LogP contribution >= 0.6 is 0 Å². The number of carboxylic acids is 1. The summed E-state index contributed by atoms with van der Waals surface area (Å²) in [6, 6.07) is 6.76. The van der Waals surface area contributed by atoms with Gasteiger partial charge in [-0.05, 0) is 24.3 Å². The normalized spacial score (nSPS) is 14.3. The summed E-state index contributed by atoms with van der Waals surface area (Å²) in [5.41, 5.74) is 0.819. The van der Waals surface area contributed by atoms with Gasteiger partial charge in [-0.3, -0.25) is 14.9 Å². The number of carbonyl (C=O) groups excluding carboxylic acids is 2.